The fraction of sp³-hybridized carbons (Fsp3) is 0.500. The van der Waals surface area contributed by atoms with Gasteiger partial charge < -0.3 is 14.8 Å². The molecule has 2 aliphatic heterocycles. The first-order valence-electron chi connectivity index (χ1n) is 10.8. The molecule has 32 heavy (non-hydrogen) atoms. The molecule has 1 saturated heterocycles. The van der Waals surface area contributed by atoms with Crippen LogP contribution in [-0.2, 0) is 14.8 Å². The Bertz CT molecular complexity index is 1080. The SMILES string of the molecule is CC(C)C[C@@H]1COc2cc(C3CCOCC3)nc(n2)NS(=O)(=O)c2cccc(c2)C(=O)N1. The van der Waals surface area contributed by atoms with E-state index in [1.54, 1.807) is 18.2 Å². The number of rotatable bonds is 3. The van der Waals surface area contributed by atoms with E-state index < -0.39 is 10.0 Å². The maximum Gasteiger partial charge on any atom is 0.264 e. The van der Waals surface area contributed by atoms with E-state index in [-0.39, 0.29) is 46.8 Å². The third kappa shape index (κ3) is 5.36. The topological polar surface area (TPSA) is 120 Å². The van der Waals surface area contributed by atoms with Gasteiger partial charge in [0.1, 0.15) is 6.61 Å². The van der Waals surface area contributed by atoms with Crippen LogP contribution in [-0.4, -0.2) is 50.2 Å². The van der Waals surface area contributed by atoms with Gasteiger partial charge >= 0.3 is 0 Å². The second-order valence-electron chi connectivity index (χ2n) is 8.59. The summed E-state index contributed by atoms with van der Waals surface area (Å²) < 4.78 is 39.8. The van der Waals surface area contributed by atoms with Crippen molar-refractivity contribution in [2.24, 2.45) is 5.92 Å². The average Bonchev–Trinajstić information content (AvgIpc) is 2.77. The van der Waals surface area contributed by atoms with Crippen molar-refractivity contribution in [1.82, 2.24) is 15.3 Å². The number of hydrogen-bond acceptors (Lipinski definition) is 7. The van der Waals surface area contributed by atoms with Crippen molar-refractivity contribution in [3.8, 4) is 5.88 Å². The summed E-state index contributed by atoms with van der Waals surface area (Å²) in [6, 6.07) is 7.40. The maximum absolute atomic E-state index is 13.0. The molecule has 0 spiro atoms. The Labute approximate surface area is 188 Å². The summed E-state index contributed by atoms with van der Waals surface area (Å²) in [4.78, 5) is 21.5. The van der Waals surface area contributed by atoms with E-state index in [1.807, 2.05) is 0 Å². The highest BCUT2D eigenvalue weighted by molar-refractivity contribution is 7.92. The highest BCUT2D eigenvalue weighted by atomic mass is 32.2. The second kappa shape index (κ2) is 9.41. The van der Waals surface area contributed by atoms with Crippen LogP contribution < -0.4 is 14.8 Å². The Balaban J connectivity index is 1.76. The molecule has 2 N–H and O–H groups in total. The Kier molecular flexibility index (Phi) is 6.61. The van der Waals surface area contributed by atoms with E-state index in [4.69, 9.17) is 9.47 Å². The number of carbonyl (C=O) groups is 1. The molecule has 1 aromatic heterocycles. The highest BCUT2D eigenvalue weighted by Gasteiger charge is 2.24. The molecule has 2 aliphatic rings. The van der Waals surface area contributed by atoms with Crippen molar-refractivity contribution < 1.29 is 22.7 Å². The molecule has 1 atom stereocenters. The van der Waals surface area contributed by atoms with Crippen LogP contribution >= 0.6 is 0 Å². The molecule has 0 unspecified atom stereocenters. The van der Waals surface area contributed by atoms with Gasteiger partial charge in [-0.25, -0.2) is 18.1 Å². The van der Waals surface area contributed by atoms with Crippen LogP contribution in [0, 0.1) is 5.92 Å². The average molecular weight is 461 g/mol. The third-order valence-corrected chi connectivity index (χ3v) is 6.84. The summed E-state index contributed by atoms with van der Waals surface area (Å²) >= 11 is 0. The molecule has 4 rings (SSSR count). The Morgan fingerprint density at radius 1 is 1.16 bits per heavy atom. The summed E-state index contributed by atoms with van der Waals surface area (Å²) in [5.41, 5.74) is 0.973. The van der Waals surface area contributed by atoms with Crippen LogP contribution in [0.15, 0.2) is 35.2 Å². The van der Waals surface area contributed by atoms with E-state index in [9.17, 15) is 13.2 Å². The van der Waals surface area contributed by atoms with Crippen molar-refractivity contribution >= 4 is 21.9 Å². The van der Waals surface area contributed by atoms with Gasteiger partial charge in [0.25, 0.3) is 15.9 Å². The van der Waals surface area contributed by atoms with Gasteiger partial charge in [-0.05, 0) is 43.4 Å². The summed E-state index contributed by atoms with van der Waals surface area (Å²) in [6.45, 7) is 5.59. The number of ether oxygens (including phenoxy) is 2. The van der Waals surface area contributed by atoms with Crippen molar-refractivity contribution in [1.29, 1.82) is 0 Å². The highest BCUT2D eigenvalue weighted by Crippen LogP contribution is 2.29. The fourth-order valence-corrected chi connectivity index (χ4v) is 4.93. The van der Waals surface area contributed by atoms with Crippen molar-refractivity contribution in [3.05, 3.63) is 41.6 Å². The van der Waals surface area contributed by atoms with Crippen molar-refractivity contribution in [2.45, 2.75) is 50.0 Å². The molecule has 0 aliphatic carbocycles. The van der Waals surface area contributed by atoms with E-state index in [1.165, 1.54) is 12.1 Å². The van der Waals surface area contributed by atoms with Gasteiger partial charge in [-0.2, -0.15) is 4.98 Å². The predicted octanol–water partition coefficient (Wildman–Crippen LogP) is 2.71. The number of nitrogens with zero attached hydrogens (tertiary/aromatic N) is 2. The van der Waals surface area contributed by atoms with E-state index in [2.05, 4.69) is 33.9 Å². The number of hydrogen-bond donors (Lipinski definition) is 2. The Morgan fingerprint density at radius 2 is 1.94 bits per heavy atom. The molecule has 2 aromatic rings. The zero-order chi connectivity index (χ0) is 22.7. The normalized spacial score (nSPS) is 21.3. The standard InChI is InChI=1S/C22H28N4O5S/c1-14(2)10-17-13-31-20-12-19(15-6-8-30-9-7-15)24-22(25-20)26-32(28,29)18-5-3-4-16(11-18)21(27)23-17/h3-5,11-12,14-15,17H,6-10,13H2,1-2H3,(H,23,27)(H,24,25,26)/t17-/m1/s1. The van der Waals surface area contributed by atoms with Crippen molar-refractivity contribution in [3.63, 3.8) is 0 Å². The molecule has 4 bridgehead atoms. The molecule has 3 heterocycles. The zero-order valence-electron chi connectivity index (χ0n) is 18.2. The van der Waals surface area contributed by atoms with Gasteiger partial charge in [0.2, 0.25) is 11.8 Å². The number of carbonyl (C=O) groups excluding carboxylic acids is 1. The lowest BCUT2D eigenvalue weighted by Crippen LogP contribution is -2.40. The third-order valence-electron chi connectivity index (χ3n) is 5.52. The number of anilines is 1. The lowest BCUT2D eigenvalue weighted by molar-refractivity contribution is 0.0844. The number of benzene rings is 1. The molecular weight excluding hydrogens is 432 g/mol. The number of sulfonamides is 1. The first-order chi connectivity index (χ1) is 15.3. The van der Waals surface area contributed by atoms with Crippen LogP contribution in [0.2, 0.25) is 0 Å². The number of fused-ring (bicyclic) bond motifs is 4. The monoisotopic (exact) mass is 460 g/mol. The molecular formula is C22H28N4O5S. The molecule has 1 amide bonds. The zero-order valence-corrected chi connectivity index (χ0v) is 19.0. The summed E-state index contributed by atoms with van der Waals surface area (Å²) in [5.74, 6) is 0.326. The summed E-state index contributed by atoms with van der Waals surface area (Å²) in [6.07, 6.45) is 2.28. The first kappa shape index (κ1) is 22.5. The van der Waals surface area contributed by atoms with Crippen LogP contribution in [0.1, 0.15) is 55.1 Å². The van der Waals surface area contributed by atoms with Gasteiger partial charge in [-0.3, -0.25) is 4.79 Å². The molecule has 9 nitrogen and oxygen atoms in total. The number of nitrogens with one attached hydrogen (secondary N) is 2. The van der Waals surface area contributed by atoms with Crippen LogP contribution in [0.25, 0.3) is 0 Å². The quantitative estimate of drug-likeness (QED) is 0.723. The minimum atomic E-state index is -4.00. The lowest BCUT2D eigenvalue weighted by Gasteiger charge is -2.23. The number of amides is 1. The fourth-order valence-electron chi connectivity index (χ4n) is 3.94. The first-order valence-corrected chi connectivity index (χ1v) is 12.3. The van der Waals surface area contributed by atoms with Gasteiger partial charge in [0.05, 0.1) is 16.6 Å². The van der Waals surface area contributed by atoms with Gasteiger partial charge in [-0.15, -0.1) is 0 Å². The van der Waals surface area contributed by atoms with Crippen LogP contribution in [0.3, 0.4) is 0 Å². The molecule has 10 heteroatoms. The summed E-state index contributed by atoms with van der Waals surface area (Å²) in [5, 5.41) is 2.97. The summed E-state index contributed by atoms with van der Waals surface area (Å²) in [7, 11) is -4.00. The van der Waals surface area contributed by atoms with E-state index >= 15 is 0 Å². The van der Waals surface area contributed by atoms with Gasteiger partial charge in [0, 0.05) is 30.8 Å². The number of aromatic nitrogens is 2. The van der Waals surface area contributed by atoms with Gasteiger partial charge in [0.15, 0.2) is 0 Å². The van der Waals surface area contributed by atoms with Gasteiger partial charge in [-0.1, -0.05) is 19.9 Å². The van der Waals surface area contributed by atoms with Crippen molar-refractivity contribution in [2.75, 3.05) is 24.5 Å². The molecule has 1 aromatic carbocycles. The molecule has 1 fully saturated rings. The predicted molar refractivity (Wildman–Crippen MR) is 118 cm³/mol. The van der Waals surface area contributed by atoms with Crippen LogP contribution in [0.5, 0.6) is 5.88 Å². The van der Waals surface area contributed by atoms with E-state index in [0.29, 0.717) is 31.2 Å². The maximum atomic E-state index is 13.0. The minimum absolute atomic E-state index is 0.0349. The van der Waals surface area contributed by atoms with E-state index in [0.717, 1.165) is 12.8 Å². The lowest BCUT2D eigenvalue weighted by atomic mass is 9.96. The molecule has 0 saturated carbocycles. The molecule has 0 radical (unpaired) electrons. The Morgan fingerprint density at radius 3 is 2.69 bits per heavy atom. The Hall–Kier alpha value is -2.72. The second-order valence-corrected chi connectivity index (χ2v) is 10.3. The minimum Gasteiger partial charge on any atom is -0.475 e. The van der Waals surface area contributed by atoms with Crippen LogP contribution in [0.4, 0.5) is 5.95 Å². The largest absolute Gasteiger partial charge is 0.475 e. The smallest absolute Gasteiger partial charge is 0.264 e. The molecule has 172 valence electrons.